The van der Waals surface area contributed by atoms with E-state index < -0.39 is 6.10 Å². The van der Waals surface area contributed by atoms with E-state index in [1.165, 1.54) is 25.7 Å². The maximum Gasteiger partial charge on any atom is 0.0897 e. The van der Waals surface area contributed by atoms with Crippen molar-refractivity contribution in [3.05, 3.63) is 0 Å². The van der Waals surface area contributed by atoms with E-state index in [9.17, 15) is 5.11 Å². The van der Waals surface area contributed by atoms with Gasteiger partial charge in [0, 0.05) is 19.7 Å². The van der Waals surface area contributed by atoms with Crippen molar-refractivity contribution in [1.29, 1.82) is 0 Å². The van der Waals surface area contributed by atoms with Crippen LogP contribution in [0, 0.1) is 0 Å². The summed E-state index contributed by atoms with van der Waals surface area (Å²) >= 11 is 0. The summed E-state index contributed by atoms with van der Waals surface area (Å²) in [4.78, 5) is 0. The number of hydrogen-bond donors (Lipinski definition) is 2. The van der Waals surface area contributed by atoms with Crippen molar-refractivity contribution in [1.82, 2.24) is 5.32 Å². The third-order valence-corrected chi connectivity index (χ3v) is 3.52. The summed E-state index contributed by atoms with van der Waals surface area (Å²) < 4.78 is 11.2. The Kier molecular flexibility index (Phi) is 10.4. The highest BCUT2D eigenvalue weighted by molar-refractivity contribution is 4.67. The molecule has 1 saturated carbocycles. The molecule has 0 heterocycles. The van der Waals surface area contributed by atoms with Crippen molar-refractivity contribution >= 4 is 0 Å². The van der Waals surface area contributed by atoms with Crippen LogP contribution in [0.25, 0.3) is 0 Å². The van der Waals surface area contributed by atoms with Gasteiger partial charge in [0.1, 0.15) is 0 Å². The van der Waals surface area contributed by atoms with Crippen LogP contribution in [0.2, 0.25) is 0 Å². The third-order valence-electron chi connectivity index (χ3n) is 3.52. The quantitative estimate of drug-likeness (QED) is 0.566. The molecule has 1 aliphatic carbocycles. The van der Waals surface area contributed by atoms with Crippen molar-refractivity contribution in [2.75, 3.05) is 32.9 Å². The van der Waals surface area contributed by atoms with Crippen LogP contribution in [-0.4, -0.2) is 50.2 Å². The molecule has 1 fully saturated rings. The summed E-state index contributed by atoms with van der Waals surface area (Å²) in [5.74, 6) is 0. The normalized spacial score (nSPS) is 18.6. The van der Waals surface area contributed by atoms with Gasteiger partial charge in [0.2, 0.25) is 0 Å². The molecule has 0 aromatic heterocycles. The molecule has 0 saturated heterocycles. The Morgan fingerprint density at radius 3 is 2.74 bits per heavy atom. The summed E-state index contributed by atoms with van der Waals surface area (Å²) in [5.41, 5.74) is 0. The molecule has 0 radical (unpaired) electrons. The number of aliphatic hydroxyl groups excluding tert-OH is 1. The Hall–Kier alpha value is -0.160. The molecular weight excluding hydrogens is 242 g/mol. The average molecular weight is 273 g/mol. The SMILES string of the molecule is CCCCOCCNCC(O)COC1CCCCC1. The molecule has 4 heteroatoms. The number of nitrogens with one attached hydrogen (secondary N) is 1. The molecule has 1 aliphatic rings. The lowest BCUT2D eigenvalue weighted by Gasteiger charge is -2.23. The van der Waals surface area contributed by atoms with Crippen LogP contribution in [0.4, 0.5) is 0 Å². The van der Waals surface area contributed by atoms with Crippen LogP contribution in [0.1, 0.15) is 51.9 Å². The maximum absolute atomic E-state index is 9.79. The maximum atomic E-state index is 9.79. The van der Waals surface area contributed by atoms with Crippen molar-refractivity contribution < 1.29 is 14.6 Å². The first-order chi connectivity index (χ1) is 9.33. The van der Waals surface area contributed by atoms with Gasteiger partial charge in [0.25, 0.3) is 0 Å². The van der Waals surface area contributed by atoms with Crippen molar-refractivity contribution in [2.24, 2.45) is 0 Å². The molecule has 0 aromatic carbocycles. The lowest BCUT2D eigenvalue weighted by Crippen LogP contribution is -2.34. The Balaban J connectivity index is 1.85. The summed E-state index contributed by atoms with van der Waals surface area (Å²) in [7, 11) is 0. The molecule has 4 nitrogen and oxygen atoms in total. The molecule has 0 aliphatic heterocycles. The first kappa shape index (κ1) is 16.9. The van der Waals surface area contributed by atoms with E-state index in [-0.39, 0.29) is 0 Å². The molecule has 114 valence electrons. The molecule has 1 unspecified atom stereocenters. The molecule has 0 spiro atoms. The fourth-order valence-corrected chi connectivity index (χ4v) is 2.30. The monoisotopic (exact) mass is 273 g/mol. The van der Waals surface area contributed by atoms with Crippen molar-refractivity contribution in [3.63, 3.8) is 0 Å². The Bertz CT molecular complexity index is 196. The second kappa shape index (κ2) is 11.6. The van der Waals surface area contributed by atoms with E-state index in [1.54, 1.807) is 0 Å². The molecule has 1 rings (SSSR count). The smallest absolute Gasteiger partial charge is 0.0897 e. The standard InChI is InChI=1S/C15H31NO3/c1-2-3-10-18-11-9-16-12-14(17)13-19-15-7-5-4-6-8-15/h14-17H,2-13H2,1H3. The van der Waals surface area contributed by atoms with Crippen LogP contribution >= 0.6 is 0 Å². The molecule has 0 bridgehead atoms. The van der Waals surface area contributed by atoms with Crippen LogP contribution in [0.5, 0.6) is 0 Å². The largest absolute Gasteiger partial charge is 0.389 e. The van der Waals surface area contributed by atoms with E-state index in [0.29, 0.717) is 19.3 Å². The van der Waals surface area contributed by atoms with Gasteiger partial charge in [-0.05, 0) is 19.3 Å². The molecule has 1 atom stereocenters. The topological polar surface area (TPSA) is 50.7 Å². The summed E-state index contributed by atoms with van der Waals surface area (Å²) in [6.45, 7) is 5.55. The number of ether oxygens (including phenoxy) is 2. The van der Waals surface area contributed by atoms with Gasteiger partial charge in [-0.25, -0.2) is 0 Å². The van der Waals surface area contributed by atoms with Gasteiger partial charge in [-0.3, -0.25) is 0 Å². The van der Waals surface area contributed by atoms with E-state index in [0.717, 1.165) is 39.0 Å². The van der Waals surface area contributed by atoms with E-state index >= 15 is 0 Å². The third kappa shape index (κ3) is 9.38. The zero-order valence-corrected chi connectivity index (χ0v) is 12.4. The number of hydrogen-bond acceptors (Lipinski definition) is 4. The predicted molar refractivity (Wildman–Crippen MR) is 77.4 cm³/mol. The van der Waals surface area contributed by atoms with Crippen LogP contribution in [0.15, 0.2) is 0 Å². The summed E-state index contributed by atoms with van der Waals surface area (Å²) in [5, 5.41) is 13.0. The van der Waals surface area contributed by atoms with Crippen LogP contribution in [-0.2, 0) is 9.47 Å². The van der Waals surface area contributed by atoms with Crippen molar-refractivity contribution in [2.45, 2.75) is 64.1 Å². The Labute approximate surface area is 117 Å². The molecule has 0 amide bonds. The first-order valence-electron chi connectivity index (χ1n) is 7.91. The van der Waals surface area contributed by atoms with E-state index in [4.69, 9.17) is 9.47 Å². The van der Waals surface area contributed by atoms with Crippen LogP contribution in [0.3, 0.4) is 0 Å². The average Bonchev–Trinajstić information content (AvgIpc) is 2.45. The van der Waals surface area contributed by atoms with E-state index in [1.807, 2.05) is 0 Å². The molecular formula is C15H31NO3. The van der Waals surface area contributed by atoms with Gasteiger partial charge in [0.15, 0.2) is 0 Å². The second-order valence-corrected chi connectivity index (χ2v) is 5.42. The van der Waals surface area contributed by atoms with Gasteiger partial charge in [-0.15, -0.1) is 0 Å². The number of aliphatic hydroxyl groups is 1. The van der Waals surface area contributed by atoms with Gasteiger partial charge in [0.05, 0.1) is 25.4 Å². The minimum atomic E-state index is -0.405. The summed E-state index contributed by atoms with van der Waals surface area (Å²) in [6.07, 6.45) is 8.46. The molecule has 0 aromatic rings. The lowest BCUT2D eigenvalue weighted by molar-refractivity contribution is -0.0233. The Morgan fingerprint density at radius 1 is 1.21 bits per heavy atom. The number of rotatable bonds is 11. The minimum Gasteiger partial charge on any atom is -0.389 e. The molecule has 2 N–H and O–H groups in total. The highest BCUT2D eigenvalue weighted by atomic mass is 16.5. The fourth-order valence-electron chi connectivity index (χ4n) is 2.30. The van der Waals surface area contributed by atoms with Gasteiger partial charge in [-0.2, -0.15) is 0 Å². The second-order valence-electron chi connectivity index (χ2n) is 5.42. The predicted octanol–water partition coefficient (Wildman–Crippen LogP) is 2.10. The van der Waals surface area contributed by atoms with Crippen molar-refractivity contribution in [3.8, 4) is 0 Å². The zero-order valence-electron chi connectivity index (χ0n) is 12.4. The Morgan fingerprint density at radius 2 is 2.00 bits per heavy atom. The fraction of sp³-hybridized carbons (Fsp3) is 1.00. The molecule has 19 heavy (non-hydrogen) atoms. The van der Waals surface area contributed by atoms with E-state index in [2.05, 4.69) is 12.2 Å². The first-order valence-corrected chi connectivity index (χ1v) is 7.91. The number of unbranched alkanes of at least 4 members (excludes halogenated alkanes) is 1. The van der Waals surface area contributed by atoms with Gasteiger partial charge >= 0.3 is 0 Å². The highest BCUT2D eigenvalue weighted by Crippen LogP contribution is 2.20. The lowest BCUT2D eigenvalue weighted by atomic mass is 9.98. The highest BCUT2D eigenvalue weighted by Gasteiger charge is 2.15. The van der Waals surface area contributed by atoms with Gasteiger partial charge in [-0.1, -0.05) is 32.6 Å². The van der Waals surface area contributed by atoms with Crippen LogP contribution < -0.4 is 5.32 Å². The minimum absolute atomic E-state index is 0.376. The summed E-state index contributed by atoms with van der Waals surface area (Å²) in [6, 6.07) is 0. The zero-order chi connectivity index (χ0) is 13.8. The van der Waals surface area contributed by atoms with Gasteiger partial charge < -0.3 is 19.9 Å².